The van der Waals surface area contributed by atoms with E-state index in [-0.39, 0.29) is 37.7 Å². The van der Waals surface area contributed by atoms with E-state index in [2.05, 4.69) is 10.8 Å². The Balaban J connectivity index is 1.39. The van der Waals surface area contributed by atoms with Crippen molar-refractivity contribution in [2.24, 2.45) is 0 Å². The molecule has 3 aliphatic rings. The van der Waals surface area contributed by atoms with E-state index in [4.69, 9.17) is 4.84 Å². The third-order valence-corrected chi connectivity index (χ3v) is 5.23. The SMILES string of the molecule is CN1C(=O)N2C[C@H]1CC[C@H]2C(=O)NOC[C@@H]1C[C@H](NC(=O)C(F)(F)F)CN1. The van der Waals surface area contributed by atoms with Crippen LogP contribution in [0.4, 0.5) is 18.0 Å². The van der Waals surface area contributed by atoms with E-state index >= 15 is 0 Å². The van der Waals surface area contributed by atoms with Crippen LogP contribution in [0.2, 0.25) is 0 Å². The Hall–Kier alpha value is -2.08. The zero-order valence-corrected chi connectivity index (χ0v) is 14.7. The maximum Gasteiger partial charge on any atom is 0.471 e. The fourth-order valence-electron chi connectivity index (χ4n) is 3.72. The number of rotatable bonds is 5. The minimum atomic E-state index is -4.91. The number of urea groups is 1. The minimum Gasteiger partial charge on any atom is -0.344 e. The Bertz CT molecular complexity index is 617. The molecule has 0 unspecified atom stereocenters. The first-order valence-electron chi connectivity index (χ1n) is 8.73. The lowest BCUT2D eigenvalue weighted by Gasteiger charge is -2.29. The highest BCUT2D eigenvalue weighted by atomic mass is 19.4. The molecule has 3 fully saturated rings. The summed E-state index contributed by atoms with van der Waals surface area (Å²) in [5.41, 5.74) is 2.32. The first kappa shape index (κ1) is 19.7. The molecule has 9 nitrogen and oxygen atoms in total. The summed E-state index contributed by atoms with van der Waals surface area (Å²) in [5, 5.41) is 4.84. The monoisotopic (exact) mass is 393 g/mol. The van der Waals surface area contributed by atoms with Crippen molar-refractivity contribution in [1.82, 2.24) is 25.9 Å². The molecule has 3 aliphatic heterocycles. The first-order valence-corrected chi connectivity index (χ1v) is 8.73. The summed E-state index contributed by atoms with van der Waals surface area (Å²) in [7, 11) is 1.71. The number of carbonyl (C=O) groups excluding carboxylic acids is 3. The number of hydrogen-bond acceptors (Lipinski definition) is 5. The topological polar surface area (TPSA) is 103 Å². The summed E-state index contributed by atoms with van der Waals surface area (Å²) < 4.78 is 36.7. The second-order valence-electron chi connectivity index (χ2n) is 7.08. The van der Waals surface area contributed by atoms with Crippen LogP contribution in [0.15, 0.2) is 0 Å². The van der Waals surface area contributed by atoms with E-state index < -0.39 is 30.1 Å². The van der Waals surface area contributed by atoms with Crippen molar-refractivity contribution in [2.75, 3.05) is 26.7 Å². The summed E-state index contributed by atoms with van der Waals surface area (Å²) in [6.07, 6.45) is -3.38. The Morgan fingerprint density at radius 1 is 1.33 bits per heavy atom. The third-order valence-electron chi connectivity index (χ3n) is 5.23. The van der Waals surface area contributed by atoms with Gasteiger partial charge in [0.05, 0.1) is 12.6 Å². The normalized spacial score (nSPS) is 30.6. The molecule has 3 saturated heterocycles. The minimum absolute atomic E-state index is 0.0350. The van der Waals surface area contributed by atoms with Crippen molar-refractivity contribution in [3.63, 3.8) is 0 Å². The van der Waals surface area contributed by atoms with Crippen LogP contribution in [0.3, 0.4) is 0 Å². The van der Waals surface area contributed by atoms with Crippen LogP contribution in [0.1, 0.15) is 19.3 Å². The van der Waals surface area contributed by atoms with Gasteiger partial charge in [-0.15, -0.1) is 0 Å². The number of halogens is 3. The van der Waals surface area contributed by atoms with Gasteiger partial charge in [-0.05, 0) is 19.3 Å². The zero-order chi connectivity index (χ0) is 19.8. The van der Waals surface area contributed by atoms with Crippen LogP contribution in [-0.2, 0) is 14.4 Å². The quantitative estimate of drug-likeness (QED) is 0.539. The second kappa shape index (κ2) is 7.50. The lowest BCUT2D eigenvalue weighted by Crippen LogP contribution is -2.50. The van der Waals surface area contributed by atoms with E-state index in [0.29, 0.717) is 13.0 Å². The fourth-order valence-corrected chi connectivity index (χ4v) is 3.72. The molecule has 0 spiro atoms. The van der Waals surface area contributed by atoms with Crippen LogP contribution in [-0.4, -0.2) is 84.7 Å². The van der Waals surface area contributed by atoms with Crippen LogP contribution in [0.5, 0.6) is 0 Å². The molecule has 0 aliphatic carbocycles. The molecule has 3 N–H and O–H groups in total. The number of carbonyl (C=O) groups is 3. The van der Waals surface area contributed by atoms with Gasteiger partial charge in [-0.3, -0.25) is 14.4 Å². The summed E-state index contributed by atoms with van der Waals surface area (Å²) in [5.74, 6) is -2.39. The van der Waals surface area contributed by atoms with Crippen LogP contribution in [0, 0.1) is 0 Å². The van der Waals surface area contributed by atoms with Crippen molar-refractivity contribution in [3.05, 3.63) is 0 Å². The molecule has 3 rings (SSSR count). The predicted octanol–water partition coefficient (Wildman–Crippen LogP) is -0.658. The number of fused-ring (bicyclic) bond motifs is 2. The van der Waals surface area contributed by atoms with E-state index in [1.807, 2.05) is 5.32 Å². The molecule has 0 aromatic carbocycles. The van der Waals surface area contributed by atoms with Crippen LogP contribution >= 0.6 is 0 Å². The van der Waals surface area contributed by atoms with E-state index in [9.17, 15) is 27.6 Å². The standard InChI is InChI=1S/C15H22F3N5O4/c1-22-10-2-3-11(23(6-10)14(22)26)12(24)21-27-7-9-4-8(5-19-9)20-13(25)15(16,17)18/h8-11,19H,2-7H2,1H3,(H,20,25)(H,21,24)/t8-,9-,10+,11-/m0/s1. The van der Waals surface area contributed by atoms with Crippen molar-refractivity contribution in [1.29, 1.82) is 0 Å². The predicted molar refractivity (Wildman–Crippen MR) is 85.2 cm³/mol. The molecular weight excluding hydrogens is 371 g/mol. The van der Waals surface area contributed by atoms with Gasteiger partial charge in [-0.1, -0.05) is 0 Å². The molecular formula is C15H22F3N5O4. The average Bonchev–Trinajstić information content (AvgIpc) is 3.13. The smallest absolute Gasteiger partial charge is 0.344 e. The maximum absolute atomic E-state index is 12.3. The van der Waals surface area contributed by atoms with E-state index in [1.165, 1.54) is 4.90 Å². The highest BCUT2D eigenvalue weighted by Crippen LogP contribution is 2.28. The summed E-state index contributed by atoms with van der Waals surface area (Å²) in [4.78, 5) is 43.6. The maximum atomic E-state index is 12.3. The Kier molecular flexibility index (Phi) is 5.47. The van der Waals surface area contributed by atoms with E-state index in [1.54, 1.807) is 11.9 Å². The average molecular weight is 393 g/mol. The Labute approximate surface area is 153 Å². The molecule has 4 amide bonds. The number of hydroxylamine groups is 1. The lowest BCUT2D eigenvalue weighted by atomic mass is 10.0. The molecule has 4 atom stereocenters. The van der Waals surface area contributed by atoms with Gasteiger partial charge in [0.1, 0.15) is 6.04 Å². The lowest BCUT2D eigenvalue weighted by molar-refractivity contribution is -0.174. The van der Waals surface area contributed by atoms with Gasteiger partial charge in [-0.25, -0.2) is 10.3 Å². The van der Waals surface area contributed by atoms with Crippen molar-refractivity contribution < 1.29 is 32.4 Å². The number of nitrogens with zero attached hydrogens (tertiary/aromatic N) is 2. The highest BCUT2D eigenvalue weighted by Gasteiger charge is 2.45. The number of piperidine rings is 1. The van der Waals surface area contributed by atoms with Gasteiger partial charge in [0, 0.05) is 32.2 Å². The number of hydrogen-bond donors (Lipinski definition) is 3. The molecule has 0 saturated carbocycles. The molecule has 152 valence electrons. The summed E-state index contributed by atoms with van der Waals surface area (Å²) >= 11 is 0. The number of likely N-dealkylation sites (N-methyl/N-ethyl adjacent to an activating group) is 1. The van der Waals surface area contributed by atoms with Gasteiger partial charge in [0.15, 0.2) is 0 Å². The van der Waals surface area contributed by atoms with Gasteiger partial charge < -0.3 is 20.4 Å². The van der Waals surface area contributed by atoms with Crippen molar-refractivity contribution >= 4 is 17.8 Å². The number of alkyl halides is 3. The van der Waals surface area contributed by atoms with E-state index in [0.717, 1.165) is 6.42 Å². The number of amides is 4. The first-order chi connectivity index (χ1) is 12.7. The molecule has 3 heterocycles. The summed E-state index contributed by atoms with van der Waals surface area (Å²) in [6, 6.07) is -1.60. The summed E-state index contributed by atoms with van der Waals surface area (Å²) in [6.45, 7) is 0.730. The third kappa shape index (κ3) is 4.26. The highest BCUT2D eigenvalue weighted by molar-refractivity contribution is 5.88. The second-order valence-corrected chi connectivity index (χ2v) is 7.08. The largest absolute Gasteiger partial charge is 0.471 e. The molecule has 27 heavy (non-hydrogen) atoms. The van der Waals surface area contributed by atoms with Crippen molar-refractivity contribution in [3.8, 4) is 0 Å². The van der Waals surface area contributed by atoms with Crippen LogP contribution < -0.4 is 16.1 Å². The molecule has 12 heteroatoms. The molecule has 0 aromatic rings. The molecule has 0 radical (unpaired) electrons. The fraction of sp³-hybridized carbons (Fsp3) is 0.800. The van der Waals surface area contributed by atoms with Gasteiger partial charge in [-0.2, -0.15) is 13.2 Å². The van der Waals surface area contributed by atoms with Crippen molar-refractivity contribution in [2.45, 2.75) is 49.6 Å². The van der Waals surface area contributed by atoms with Gasteiger partial charge >= 0.3 is 18.1 Å². The number of nitrogens with one attached hydrogen (secondary N) is 3. The molecule has 0 aromatic heterocycles. The zero-order valence-electron chi connectivity index (χ0n) is 14.7. The Morgan fingerprint density at radius 2 is 2.07 bits per heavy atom. The molecule has 2 bridgehead atoms. The van der Waals surface area contributed by atoms with Crippen LogP contribution in [0.25, 0.3) is 0 Å². The van der Waals surface area contributed by atoms with Gasteiger partial charge in [0.2, 0.25) is 0 Å². The van der Waals surface area contributed by atoms with Gasteiger partial charge in [0.25, 0.3) is 5.91 Å². The Morgan fingerprint density at radius 3 is 2.78 bits per heavy atom.